The molecular weight excluding hydrogens is 851 g/mol. The second-order valence-electron chi connectivity index (χ2n) is 23.7. The van der Waals surface area contributed by atoms with Crippen LogP contribution in [0.4, 0.5) is 0 Å². The van der Waals surface area contributed by atoms with Gasteiger partial charge in [-0.25, -0.2) is 0 Å². The van der Waals surface area contributed by atoms with Crippen LogP contribution in [0.25, 0.3) is 0 Å². The van der Waals surface area contributed by atoms with Gasteiger partial charge in [0.25, 0.3) is 0 Å². The topological polar surface area (TPSA) is 0 Å². The molecule has 0 saturated heterocycles. The van der Waals surface area contributed by atoms with Gasteiger partial charge in [0, 0.05) is 49.9 Å². The van der Waals surface area contributed by atoms with Gasteiger partial charge in [-0.2, -0.15) is 0 Å². The number of hydrogen-bond donors (Lipinski definition) is 0. The van der Waals surface area contributed by atoms with E-state index in [2.05, 4.69) is 306 Å². The summed E-state index contributed by atoms with van der Waals surface area (Å²) < 4.78 is 0. The van der Waals surface area contributed by atoms with Crippen molar-refractivity contribution in [2.75, 3.05) is 0 Å². The molecule has 0 heterocycles. The van der Waals surface area contributed by atoms with Crippen LogP contribution in [0.2, 0.25) is 0 Å². The molecule has 0 aliphatic heterocycles. The first kappa shape index (κ1) is 55.8. The zero-order chi connectivity index (χ0) is 49.1. The van der Waals surface area contributed by atoms with Crippen molar-refractivity contribution >= 4 is 0 Å². The average Bonchev–Trinajstić information content (AvgIpc) is 3.24. The van der Waals surface area contributed by atoms with Crippen molar-refractivity contribution in [3.8, 4) is 35.5 Å². The summed E-state index contributed by atoms with van der Waals surface area (Å²) in [5, 5.41) is 0. The van der Waals surface area contributed by atoms with E-state index in [9.17, 15) is 0 Å². The molecule has 0 unspecified atom stereocenters. The molecule has 0 amide bonds. The second-order valence-corrected chi connectivity index (χ2v) is 23.7. The van der Waals surface area contributed by atoms with E-state index in [1.54, 1.807) is 0 Å². The first-order valence-electron chi connectivity index (χ1n) is 23.7. The van der Waals surface area contributed by atoms with Crippen LogP contribution in [-0.2, 0) is 49.0 Å². The van der Waals surface area contributed by atoms with Gasteiger partial charge in [0.1, 0.15) is 0 Å². The smallest absolute Gasteiger partial charge is 0.0249 e. The predicted octanol–water partition coefficient (Wildman–Crippen LogP) is 17.0. The Bertz CT molecular complexity index is 2160. The van der Waals surface area contributed by atoms with Gasteiger partial charge < -0.3 is 0 Å². The molecule has 0 radical (unpaired) electrons. The van der Waals surface area contributed by atoms with Gasteiger partial charge in [-0.3, -0.25) is 0 Å². The molecule has 6 rings (SSSR count). The Kier molecular flexibility index (Phi) is 19.2. The maximum Gasteiger partial charge on any atom is 0.0249 e. The molecule has 0 saturated carbocycles. The van der Waals surface area contributed by atoms with Crippen LogP contribution >= 0.6 is 0 Å². The van der Waals surface area contributed by atoms with E-state index < -0.39 is 0 Å². The molecule has 352 valence electrons. The SMILES string of the molecule is CC(C)(C)c1ccc(C#Cc2ccc(C(C)(C)C)cc2)cc1.CC(C)(C)c1ccc(C#Cc2ccc(C(C)(C)C)cc2)cc1.CC(C)(C)c1ccc(C#Cc2ccc(C(C)(C)C)cc2)cc1.[Ni]. The molecule has 0 bridgehead atoms. The van der Waals surface area contributed by atoms with E-state index in [1.807, 2.05) is 0 Å². The molecule has 0 nitrogen and oxygen atoms in total. The minimum atomic E-state index is 0. The standard InChI is InChI=1S/3C22H26.Ni/c3*1-21(2,3)19-13-9-17(10-14-19)7-8-18-11-15-20(16-12-18)22(4,5)6;/h3*9-16H,1-6H3;. The number of hydrogen-bond acceptors (Lipinski definition) is 0. The van der Waals surface area contributed by atoms with E-state index in [4.69, 9.17) is 0 Å². The van der Waals surface area contributed by atoms with Gasteiger partial charge in [-0.1, -0.05) is 233 Å². The Hall–Kier alpha value is -5.51. The van der Waals surface area contributed by atoms with Gasteiger partial charge in [0.15, 0.2) is 0 Å². The number of rotatable bonds is 0. The van der Waals surface area contributed by atoms with Gasteiger partial charge in [-0.05, 0) is 139 Å². The zero-order valence-corrected chi connectivity index (χ0v) is 45.2. The molecule has 6 aromatic carbocycles. The van der Waals surface area contributed by atoms with E-state index in [1.165, 1.54) is 33.4 Å². The Morgan fingerprint density at radius 3 is 0.343 bits per heavy atom. The fourth-order valence-corrected chi connectivity index (χ4v) is 6.75. The van der Waals surface area contributed by atoms with Crippen LogP contribution < -0.4 is 0 Å². The molecule has 6 aromatic rings. The van der Waals surface area contributed by atoms with Gasteiger partial charge in [0.2, 0.25) is 0 Å². The zero-order valence-electron chi connectivity index (χ0n) is 44.2. The van der Waals surface area contributed by atoms with Crippen LogP contribution in [0.15, 0.2) is 146 Å². The predicted molar refractivity (Wildman–Crippen MR) is 289 cm³/mol. The minimum absolute atomic E-state index is 0. The number of benzene rings is 6. The Labute approximate surface area is 419 Å². The van der Waals surface area contributed by atoms with Crippen molar-refractivity contribution < 1.29 is 16.5 Å². The van der Waals surface area contributed by atoms with Gasteiger partial charge >= 0.3 is 0 Å². The molecule has 0 fully saturated rings. The summed E-state index contributed by atoms with van der Waals surface area (Å²) in [6.07, 6.45) is 0. The third-order valence-corrected chi connectivity index (χ3v) is 11.6. The monoisotopic (exact) mass is 929 g/mol. The van der Waals surface area contributed by atoms with Crippen molar-refractivity contribution in [3.63, 3.8) is 0 Å². The summed E-state index contributed by atoms with van der Waals surface area (Å²) in [5.41, 5.74) is 15.6. The van der Waals surface area contributed by atoms with E-state index >= 15 is 0 Å². The fourth-order valence-electron chi connectivity index (χ4n) is 6.75. The normalized spacial score (nSPS) is 11.6. The summed E-state index contributed by atoms with van der Waals surface area (Å²) in [7, 11) is 0. The van der Waals surface area contributed by atoms with Gasteiger partial charge in [-0.15, -0.1) is 0 Å². The van der Waals surface area contributed by atoms with Crippen molar-refractivity contribution in [1.82, 2.24) is 0 Å². The third-order valence-electron chi connectivity index (χ3n) is 11.6. The molecule has 0 spiro atoms. The third kappa shape index (κ3) is 18.6. The molecule has 0 N–H and O–H groups in total. The largest absolute Gasteiger partial charge is 0.0617 e. The summed E-state index contributed by atoms with van der Waals surface area (Å²) in [5.74, 6) is 19.5. The molecule has 0 aliphatic rings. The quantitative estimate of drug-likeness (QED) is 0.105. The molecule has 0 aliphatic carbocycles. The van der Waals surface area contributed by atoms with Crippen molar-refractivity contribution in [3.05, 3.63) is 212 Å². The van der Waals surface area contributed by atoms with Crippen LogP contribution in [0.3, 0.4) is 0 Å². The molecule has 0 aromatic heterocycles. The summed E-state index contributed by atoms with van der Waals surface area (Å²) >= 11 is 0. The van der Waals surface area contributed by atoms with E-state index in [0.717, 1.165) is 33.4 Å². The van der Waals surface area contributed by atoms with Crippen LogP contribution in [0, 0.1) is 35.5 Å². The molecule has 67 heavy (non-hydrogen) atoms. The summed E-state index contributed by atoms with van der Waals surface area (Å²) in [6.45, 7) is 40.1. The van der Waals surface area contributed by atoms with Crippen molar-refractivity contribution in [1.29, 1.82) is 0 Å². The molecular formula is C66H78Ni. The summed E-state index contributed by atoms with van der Waals surface area (Å²) in [6, 6.07) is 51.4. The second kappa shape index (κ2) is 23.0. The summed E-state index contributed by atoms with van der Waals surface area (Å²) in [4.78, 5) is 0. The average molecular weight is 930 g/mol. The van der Waals surface area contributed by atoms with E-state index in [-0.39, 0.29) is 49.0 Å². The van der Waals surface area contributed by atoms with Crippen LogP contribution in [0.1, 0.15) is 191 Å². The van der Waals surface area contributed by atoms with Crippen LogP contribution in [-0.4, -0.2) is 0 Å². The van der Waals surface area contributed by atoms with Crippen LogP contribution in [0.5, 0.6) is 0 Å². The van der Waals surface area contributed by atoms with E-state index in [0.29, 0.717) is 0 Å². The Morgan fingerprint density at radius 2 is 0.269 bits per heavy atom. The van der Waals surface area contributed by atoms with Crippen molar-refractivity contribution in [2.24, 2.45) is 0 Å². The first-order chi connectivity index (χ1) is 30.5. The van der Waals surface area contributed by atoms with Gasteiger partial charge in [0.05, 0.1) is 0 Å². The Morgan fingerprint density at radius 1 is 0.179 bits per heavy atom. The van der Waals surface area contributed by atoms with Crippen molar-refractivity contribution in [2.45, 2.75) is 157 Å². The minimum Gasteiger partial charge on any atom is -0.0617 e. The molecule has 1 heteroatoms. The fraction of sp³-hybridized carbons (Fsp3) is 0.364. The maximum absolute atomic E-state index is 3.25. The Balaban J connectivity index is 0.000000264. The first-order valence-corrected chi connectivity index (χ1v) is 23.7. The maximum atomic E-state index is 3.25. The molecule has 0 atom stereocenters.